The molecule has 1 aromatic heterocycles. The van der Waals surface area contributed by atoms with E-state index in [4.69, 9.17) is 11.6 Å². The summed E-state index contributed by atoms with van der Waals surface area (Å²) in [7, 11) is 0. The molecule has 0 aromatic carbocycles. The topological polar surface area (TPSA) is 28.2 Å². The molecule has 0 bridgehead atoms. The Balaban J connectivity index is 2.41. The van der Waals surface area contributed by atoms with E-state index in [1.54, 1.807) is 11.1 Å². The maximum atomic E-state index is 13.0. The van der Waals surface area contributed by atoms with Crippen molar-refractivity contribution < 1.29 is 4.39 Å². The first kappa shape index (κ1) is 12.1. The molecular weight excluding hydrogens is 296 g/mol. The number of anilines is 1. The number of hydrogen-bond donors (Lipinski definition) is 1. The minimum Gasteiger partial charge on any atom is -0.302 e. The number of aromatic nitrogens is 1. The molecule has 2 atom stereocenters. The van der Waals surface area contributed by atoms with Crippen LogP contribution in [0.1, 0.15) is 25.6 Å². The van der Waals surface area contributed by atoms with Gasteiger partial charge in [0.15, 0.2) is 0 Å². The molecule has 6 heteroatoms. The molecule has 0 spiro atoms. The van der Waals surface area contributed by atoms with Crippen molar-refractivity contribution in [1.29, 1.82) is 0 Å². The van der Waals surface area contributed by atoms with Gasteiger partial charge in [-0.1, -0.05) is 11.6 Å². The molecule has 1 N–H and O–H groups in total. The van der Waals surface area contributed by atoms with Crippen molar-refractivity contribution >= 4 is 33.2 Å². The number of fused-ring (bicyclic) bond motifs is 1. The number of rotatable bonds is 2. The van der Waals surface area contributed by atoms with Crippen LogP contribution in [0.15, 0.2) is 10.5 Å². The molecule has 1 aromatic rings. The van der Waals surface area contributed by atoms with Crippen LogP contribution < -0.4 is 10.4 Å². The predicted molar refractivity (Wildman–Crippen MR) is 66.4 cm³/mol. The minimum atomic E-state index is -0.909. The molecule has 0 saturated carbocycles. The standard InChI is InChI=1S/C10H12BrClFN3/c1-5(13)4-16-10-7(11)3-8(12)14-9(10)6(2)15-16/h3,5-6,15H,4H2,1-2H3. The summed E-state index contributed by atoms with van der Waals surface area (Å²) in [5.74, 6) is 0. The summed E-state index contributed by atoms with van der Waals surface area (Å²) >= 11 is 9.31. The van der Waals surface area contributed by atoms with Crippen LogP contribution in [-0.2, 0) is 0 Å². The highest BCUT2D eigenvalue weighted by molar-refractivity contribution is 9.10. The van der Waals surface area contributed by atoms with Crippen molar-refractivity contribution in [2.24, 2.45) is 0 Å². The van der Waals surface area contributed by atoms with Gasteiger partial charge in [0.1, 0.15) is 11.3 Å². The second kappa shape index (κ2) is 4.47. The number of pyridine rings is 1. The van der Waals surface area contributed by atoms with E-state index in [-0.39, 0.29) is 6.04 Å². The molecule has 0 fully saturated rings. The summed E-state index contributed by atoms with van der Waals surface area (Å²) in [4.78, 5) is 4.26. The van der Waals surface area contributed by atoms with Crippen molar-refractivity contribution in [2.45, 2.75) is 26.1 Å². The lowest BCUT2D eigenvalue weighted by Gasteiger charge is -2.21. The van der Waals surface area contributed by atoms with E-state index in [0.29, 0.717) is 11.7 Å². The molecule has 0 amide bonds. The van der Waals surface area contributed by atoms with Gasteiger partial charge in [-0.15, -0.1) is 0 Å². The molecule has 1 aliphatic heterocycles. The van der Waals surface area contributed by atoms with E-state index in [0.717, 1.165) is 15.9 Å². The number of nitrogens with one attached hydrogen (secondary N) is 1. The van der Waals surface area contributed by atoms with Gasteiger partial charge in [0.25, 0.3) is 0 Å². The summed E-state index contributed by atoms with van der Waals surface area (Å²) in [6.45, 7) is 3.79. The lowest BCUT2D eigenvalue weighted by atomic mass is 10.2. The smallest absolute Gasteiger partial charge is 0.130 e. The minimum absolute atomic E-state index is 0.0451. The van der Waals surface area contributed by atoms with Crippen LogP contribution in [0.5, 0.6) is 0 Å². The van der Waals surface area contributed by atoms with E-state index >= 15 is 0 Å². The van der Waals surface area contributed by atoms with Gasteiger partial charge in [0.2, 0.25) is 0 Å². The Morgan fingerprint density at radius 2 is 2.44 bits per heavy atom. The van der Waals surface area contributed by atoms with Crippen LogP contribution >= 0.6 is 27.5 Å². The van der Waals surface area contributed by atoms with E-state index < -0.39 is 6.17 Å². The largest absolute Gasteiger partial charge is 0.302 e. The molecular formula is C10H12BrClFN3. The second-order valence-electron chi connectivity index (χ2n) is 3.90. The zero-order valence-corrected chi connectivity index (χ0v) is 11.3. The van der Waals surface area contributed by atoms with Gasteiger partial charge in [0.05, 0.1) is 24.0 Å². The summed E-state index contributed by atoms with van der Waals surface area (Å²) in [5, 5.41) is 2.22. The van der Waals surface area contributed by atoms with Crippen LogP contribution in [0.4, 0.5) is 10.1 Å². The van der Waals surface area contributed by atoms with Crippen LogP contribution in [0.25, 0.3) is 0 Å². The molecule has 16 heavy (non-hydrogen) atoms. The summed E-state index contributed by atoms with van der Waals surface area (Å²) in [5.41, 5.74) is 4.88. The molecule has 2 rings (SSSR count). The van der Waals surface area contributed by atoms with Crippen LogP contribution in [0.3, 0.4) is 0 Å². The summed E-state index contributed by atoms with van der Waals surface area (Å²) in [6.07, 6.45) is -0.909. The number of nitrogens with zero attached hydrogens (tertiary/aromatic N) is 2. The molecule has 1 aliphatic rings. The van der Waals surface area contributed by atoms with Crippen molar-refractivity contribution in [2.75, 3.05) is 11.6 Å². The van der Waals surface area contributed by atoms with E-state index in [2.05, 4.69) is 26.3 Å². The third-order valence-corrected chi connectivity index (χ3v) is 3.20. The Morgan fingerprint density at radius 1 is 1.75 bits per heavy atom. The Hall–Kier alpha value is -0.390. The van der Waals surface area contributed by atoms with E-state index in [1.807, 2.05) is 6.92 Å². The maximum absolute atomic E-state index is 13.0. The van der Waals surface area contributed by atoms with Gasteiger partial charge in [0, 0.05) is 4.47 Å². The number of alkyl halides is 1. The fourth-order valence-corrected chi connectivity index (χ4v) is 2.79. The highest BCUT2D eigenvalue weighted by Gasteiger charge is 2.30. The van der Waals surface area contributed by atoms with Crippen molar-refractivity contribution in [3.63, 3.8) is 0 Å². The van der Waals surface area contributed by atoms with Gasteiger partial charge in [-0.3, -0.25) is 0 Å². The van der Waals surface area contributed by atoms with Gasteiger partial charge in [-0.25, -0.2) is 14.8 Å². The van der Waals surface area contributed by atoms with Gasteiger partial charge >= 0.3 is 0 Å². The lowest BCUT2D eigenvalue weighted by Crippen LogP contribution is -2.37. The van der Waals surface area contributed by atoms with Crippen LogP contribution in [-0.4, -0.2) is 17.7 Å². The number of halogens is 3. The number of hydrazine groups is 1. The van der Waals surface area contributed by atoms with Gasteiger partial charge in [-0.2, -0.15) is 0 Å². The van der Waals surface area contributed by atoms with Gasteiger partial charge < -0.3 is 5.01 Å². The Labute approximate surface area is 107 Å². The van der Waals surface area contributed by atoms with E-state index in [9.17, 15) is 4.39 Å². The number of hydrogen-bond acceptors (Lipinski definition) is 3. The SMILES string of the molecule is CC(F)CN1NC(C)c2nc(Cl)cc(Br)c21. The van der Waals surface area contributed by atoms with E-state index in [1.165, 1.54) is 6.92 Å². The Kier molecular flexibility index (Phi) is 3.37. The molecule has 88 valence electrons. The monoisotopic (exact) mass is 307 g/mol. The first-order chi connectivity index (χ1) is 7.49. The third-order valence-electron chi connectivity index (χ3n) is 2.41. The van der Waals surface area contributed by atoms with Crippen molar-refractivity contribution in [1.82, 2.24) is 10.4 Å². The average Bonchev–Trinajstić information content (AvgIpc) is 2.42. The highest BCUT2D eigenvalue weighted by atomic mass is 79.9. The molecule has 0 saturated heterocycles. The van der Waals surface area contributed by atoms with Crippen molar-refractivity contribution in [3.8, 4) is 0 Å². The first-order valence-corrected chi connectivity index (χ1v) is 6.20. The highest BCUT2D eigenvalue weighted by Crippen LogP contribution is 2.38. The fourth-order valence-electron chi connectivity index (χ4n) is 1.82. The Bertz CT molecular complexity index is 413. The second-order valence-corrected chi connectivity index (χ2v) is 5.14. The van der Waals surface area contributed by atoms with Crippen LogP contribution in [0.2, 0.25) is 5.15 Å². The summed E-state index contributed by atoms with van der Waals surface area (Å²) < 4.78 is 13.9. The maximum Gasteiger partial charge on any atom is 0.130 e. The van der Waals surface area contributed by atoms with Crippen LogP contribution in [0, 0.1) is 0 Å². The lowest BCUT2D eigenvalue weighted by molar-refractivity contribution is 0.350. The molecule has 3 nitrogen and oxygen atoms in total. The third kappa shape index (κ3) is 2.17. The molecule has 2 heterocycles. The zero-order chi connectivity index (χ0) is 11.9. The molecule has 2 unspecified atom stereocenters. The average molecular weight is 309 g/mol. The molecule has 0 aliphatic carbocycles. The fraction of sp³-hybridized carbons (Fsp3) is 0.500. The van der Waals surface area contributed by atoms with Crippen molar-refractivity contribution in [3.05, 3.63) is 21.4 Å². The van der Waals surface area contributed by atoms with Gasteiger partial charge in [-0.05, 0) is 35.8 Å². The zero-order valence-electron chi connectivity index (χ0n) is 8.97. The Morgan fingerprint density at radius 3 is 3.06 bits per heavy atom. The quantitative estimate of drug-likeness (QED) is 0.850. The normalized spacial score (nSPS) is 21.1. The predicted octanol–water partition coefficient (Wildman–Crippen LogP) is 3.24. The molecule has 0 radical (unpaired) electrons. The first-order valence-electron chi connectivity index (χ1n) is 5.02. The summed E-state index contributed by atoms with van der Waals surface area (Å²) in [6, 6.07) is 1.76.